The maximum absolute atomic E-state index is 9.46. The number of aliphatic hydroxyl groups is 1. The first-order chi connectivity index (χ1) is 8.58. The first-order valence-corrected chi connectivity index (χ1v) is 6.52. The zero-order valence-corrected chi connectivity index (χ0v) is 12.1. The van der Waals surface area contributed by atoms with Crippen molar-refractivity contribution in [1.82, 2.24) is 5.32 Å². The van der Waals surface area contributed by atoms with Crippen molar-refractivity contribution in [3.63, 3.8) is 0 Å². The minimum absolute atomic E-state index is 0.184. The molecule has 3 heteroatoms. The van der Waals surface area contributed by atoms with Crippen molar-refractivity contribution < 1.29 is 9.84 Å². The Morgan fingerprint density at radius 1 is 1.28 bits per heavy atom. The van der Waals surface area contributed by atoms with Crippen LogP contribution in [0.5, 0.6) is 5.75 Å². The van der Waals surface area contributed by atoms with Gasteiger partial charge in [0.05, 0.1) is 7.11 Å². The molecular weight excluding hydrogens is 226 g/mol. The lowest BCUT2D eigenvalue weighted by atomic mass is 9.89. The fraction of sp³-hybridized carbons (Fsp3) is 0.600. The van der Waals surface area contributed by atoms with E-state index in [2.05, 4.69) is 38.2 Å². The molecule has 0 aromatic heterocycles. The Morgan fingerprint density at radius 3 is 2.17 bits per heavy atom. The zero-order chi connectivity index (χ0) is 13.7. The lowest BCUT2D eigenvalue weighted by Gasteiger charge is -2.26. The van der Waals surface area contributed by atoms with Gasteiger partial charge in [0.25, 0.3) is 0 Å². The summed E-state index contributed by atoms with van der Waals surface area (Å²) in [5.74, 6) is 1.19. The van der Waals surface area contributed by atoms with Crippen LogP contribution in [0.1, 0.15) is 36.1 Å². The summed E-state index contributed by atoms with van der Waals surface area (Å²) in [4.78, 5) is 0. The summed E-state index contributed by atoms with van der Waals surface area (Å²) in [6.07, 6.45) is 0.951. The molecule has 1 rings (SSSR count). The molecule has 2 atom stereocenters. The van der Waals surface area contributed by atoms with E-state index in [0.717, 1.165) is 23.3 Å². The predicted molar refractivity (Wildman–Crippen MR) is 75.1 cm³/mol. The number of hydrogen-bond acceptors (Lipinski definition) is 3. The van der Waals surface area contributed by atoms with E-state index in [1.54, 1.807) is 7.11 Å². The van der Waals surface area contributed by atoms with Crippen LogP contribution in [0.4, 0.5) is 0 Å². The predicted octanol–water partition coefficient (Wildman–Crippen LogP) is 2.59. The Kier molecular flexibility index (Phi) is 5.63. The van der Waals surface area contributed by atoms with Gasteiger partial charge >= 0.3 is 0 Å². The molecule has 1 aromatic carbocycles. The van der Waals surface area contributed by atoms with Gasteiger partial charge in [0.2, 0.25) is 0 Å². The van der Waals surface area contributed by atoms with E-state index in [-0.39, 0.29) is 18.6 Å². The number of ether oxygens (including phenoxy) is 1. The third-order valence-corrected chi connectivity index (χ3v) is 3.59. The van der Waals surface area contributed by atoms with Gasteiger partial charge in [-0.3, -0.25) is 0 Å². The average Bonchev–Trinajstić information content (AvgIpc) is 2.35. The van der Waals surface area contributed by atoms with E-state index in [4.69, 9.17) is 4.74 Å². The SMILES string of the molecule is CCC(CO)C(NC)c1cc(C)c(OC)c(C)c1. The van der Waals surface area contributed by atoms with Gasteiger partial charge in [0.1, 0.15) is 5.75 Å². The van der Waals surface area contributed by atoms with Gasteiger partial charge in [0.15, 0.2) is 0 Å². The van der Waals surface area contributed by atoms with Gasteiger partial charge < -0.3 is 15.2 Å². The van der Waals surface area contributed by atoms with E-state index in [0.29, 0.717) is 0 Å². The zero-order valence-electron chi connectivity index (χ0n) is 12.1. The average molecular weight is 251 g/mol. The van der Waals surface area contributed by atoms with Crippen LogP contribution in [0, 0.1) is 19.8 Å². The maximum atomic E-state index is 9.46. The molecule has 3 nitrogen and oxygen atoms in total. The van der Waals surface area contributed by atoms with E-state index < -0.39 is 0 Å². The van der Waals surface area contributed by atoms with Crippen LogP contribution in [0.25, 0.3) is 0 Å². The molecule has 0 aliphatic rings. The molecule has 18 heavy (non-hydrogen) atoms. The van der Waals surface area contributed by atoms with Crippen LogP contribution >= 0.6 is 0 Å². The Labute approximate surface area is 110 Å². The Balaban J connectivity index is 3.15. The number of aryl methyl sites for hydroxylation is 2. The number of rotatable bonds is 6. The number of nitrogens with one attached hydrogen (secondary N) is 1. The molecule has 0 saturated carbocycles. The van der Waals surface area contributed by atoms with E-state index in [9.17, 15) is 5.11 Å². The van der Waals surface area contributed by atoms with Gasteiger partial charge in [0, 0.05) is 18.6 Å². The standard InChI is InChI=1S/C15H25NO2/c1-6-12(9-17)14(16-4)13-7-10(2)15(18-5)11(3)8-13/h7-8,12,14,16-17H,6,9H2,1-5H3. The summed E-state index contributed by atoms with van der Waals surface area (Å²) >= 11 is 0. The minimum atomic E-state index is 0.184. The molecular formula is C15H25NO2. The molecule has 0 amide bonds. The molecule has 0 bridgehead atoms. The summed E-state index contributed by atoms with van der Waals surface area (Å²) in [6, 6.07) is 4.47. The molecule has 2 unspecified atom stereocenters. The molecule has 0 heterocycles. The second-order valence-electron chi connectivity index (χ2n) is 4.81. The lowest BCUT2D eigenvalue weighted by molar-refractivity contribution is 0.189. The molecule has 0 spiro atoms. The van der Waals surface area contributed by atoms with Crippen LogP contribution in [-0.2, 0) is 0 Å². The lowest BCUT2D eigenvalue weighted by Crippen LogP contribution is -2.27. The number of hydrogen-bond donors (Lipinski definition) is 2. The van der Waals surface area contributed by atoms with Crippen LogP contribution in [0.3, 0.4) is 0 Å². The van der Waals surface area contributed by atoms with E-state index >= 15 is 0 Å². The van der Waals surface area contributed by atoms with Crippen LogP contribution in [-0.4, -0.2) is 25.9 Å². The summed E-state index contributed by atoms with van der Waals surface area (Å²) in [5, 5.41) is 12.8. The summed E-state index contributed by atoms with van der Waals surface area (Å²) < 4.78 is 5.39. The summed E-state index contributed by atoms with van der Waals surface area (Å²) in [5.41, 5.74) is 3.50. The highest BCUT2D eigenvalue weighted by atomic mass is 16.5. The first kappa shape index (κ1) is 15.0. The fourth-order valence-corrected chi connectivity index (χ4v) is 2.63. The van der Waals surface area contributed by atoms with Crippen molar-refractivity contribution in [2.24, 2.45) is 5.92 Å². The smallest absolute Gasteiger partial charge is 0.124 e. The van der Waals surface area contributed by atoms with Crippen molar-refractivity contribution in [3.8, 4) is 5.75 Å². The highest BCUT2D eigenvalue weighted by Crippen LogP contribution is 2.31. The third kappa shape index (κ3) is 3.03. The van der Waals surface area contributed by atoms with Crippen molar-refractivity contribution >= 4 is 0 Å². The van der Waals surface area contributed by atoms with Crippen molar-refractivity contribution in [2.45, 2.75) is 33.2 Å². The van der Waals surface area contributed by atoms with Crippen molar-refractivity contribution in [2.75, 3.05) is 20.8 Å². The number of methoxy groups -OCH3 is 1. The second-order valence-corrected chi connectivity index (χ2v) is 4.81. The third-order valence-electron chi connectivity index (χ3n) is 3.59. The highest BCUT2D eigenvalue weighted by molar-refractivity contribution is 5.44. The molecule has 0 saturated heterocycles. The molecule has 0 fully saturated rings. The molecule has 1 aromatic rings. The molecule has 0 aliphatic heterocycles. The topological polar surface area (TPSA) is 41.5 Å². The largest absolute Gasteiger partial charge is 0.496 e. The quantitative estimate of drug-likeness (QED) is 0.816. The molecule has 2 N–H and O–H groups in total. The first-order valence-electron chi connectivity index (χ1n) is 6.52. The monoisotopic (exact) mass is 251 g/mol. The Bertz CT molecular complexity index is 363. The second kappa shape index (κ2) is 6.76. The molecule has 0 aliphatic carbocycles. The highest BCUT2D eigenvalue weighted by Gasteiger charge is 2.20. The van der Waals surface area contributed by atoms with Gasteiger partial charge in [-0.2, -0.15) is 0 Å². The molecule has 0 radical (unpaired) electrons. The Morgan fingerprint density at radius 2 is 1.83 bits per heavy atom. The van der Waals surface area contributed by atoms with E-state index in [1.807, 2.05) is 7.05 Å². The van der Waals surface area contributed by atoms with E-state index in [1.165, 1.54) is 5.56 Å². The molecule has 102 valence electrons. The van der Waals surface area contributed by atoms with Crippen LogP contribution in [0.2, 0.25) is 0 Å². The normalized spacial score (nSPS) is 14.3. The van der Waals surface area contributed by atoms with Crippen molar-refractivity contribution in [1.29, 1.82) is 0 Å². The number of benzene rings is 1. The number of aliphatic hydroxyl groups excluding tert-OH is 1. The summed E-state index contributed by atoms with van der Waals surface area (Å²) in [7, 11) is 3.64. The van der Waals surface area contributed by atoms with Gasteiger partial charge in [-0.1, -0.05) is 19.1 Å². The van der Waals surface area contributed by atoms with Gasteiger partial charge in [-0.15, -0.1) is 0 Å². The van der Waals surface area contributed by atoms with Crippen LogP contribution < -0.4 is 10.1 Å². The van der Waals surface area contributed by atoms with Crippen molar-refractivity contribution in [3.05, 3.63) is 28.8 Å². The maximum Gasteiger partial charge on any atom is 0.124 e. The minimum Gasteiger partial charge on any atom is -0.496 e. The van der Waals surface area contributed by atoms with Gasteiger partial charge in [-0.25, -0.2) is 0 Å². The van der Waals surface area contributed by atoms with Gasteiger partial charge in [-0.05, 0) is 44.0 Å². The summed E-state index contributed by atoms with van der Waals surface area (Å²) in [6.45, 7) is 6.42. The Hall–Kier alpha value is -1.06. The van der Waals surface area contributed by atoms with Crippen LogP contribution in [0.15, 0.2) is 12.1 Å². The fourth-order valence-electron chi connectivity index (χ4n) is 2.63.